The molecule has 6 aromatic carbocycles. The third-order valence-electron chi connectivity index (χ3n) is 10.5. The van der Waals surface area contributed by atoms with Crippen molar-refractivity contribution in [3.63, 3.8) is 0 Å². The van der Waals surface area contributed by atoms with Gasteiger partial charge in [-0.15, -0.1) is 11.8 Å². The molecule has 7 rings (SSSR count). The van der Waals surface area contributed by atoms with Gasteiger partial charge in [-0.1, -0.05) is 170 Å². The van der Waals surface area contributed by atoms with Crippen LogP contribution in [0.5, 0.6) is 0 Å². The number of alkyl carbamates (subject to hydrolysis) is 2. The van der Waals surface area contributed by atoms with Crippen molar-refractivity contribution in [3.8, 4) is 11.1 Å². The molecule has 0 spiro atoms. The Bertz CT molecular complexity index is 2340. The molecule has 0 fully saturated rings. The maximum atomic E-state index is 14.4. The molecule has 0 aromatic heterocycles. The largest absolute Gasteiger partial charge is 0.461 e. The number of nitrogens with one attached hydrogen (secondary N) is 2. The first-order valence-electron chi connectivity index (χ1n) is 20.8. The van der Waals surface area contributed by atoms with Crippen molar-refractivity contribution >= 4 is 35.9 Å². The zero-order chi connectivity index (χ0) is 44.2. The second kappa shape index (κ2) is 20.3. The van der Waals surface area contributed by atoms with Gasteiger partial charge < -0.3 is 29.6 Å². The number of carbonyl (C=O) groups excluding carboxylic acids is 4. The Kier molecular flexibility index (Phi) is 14.3. The van der Waals surface area contributed by atoms with E-state index in [9.17, 15) is 19.2 Å². The molecule has 0 saturated carbocycles. The van der Waals surface area contributed by atoms with E-state index in [1.807, 2.05) is 146 Å². The molecule has 2 amide bonds. The van der Waals surface area contributed by atoms with Crippen LogP contribution < -0.4 is 10.6 Å². The van der Waals surface area contributed by atoms with Gasteiger partial charge in [0.15, 0.2) is 6.04 Å². The fraction of sp³-hybridized carbons (Fsp3) is 0.231. The SMILES string of the molecule is CC(C)(C)OC(=O)N[C@@H](COC(=O)[C@H](CSC(c1ccccc1)(c1ccccc1)c1ccccc1)NC(=O)OCC1c2ccccc2-c2ccccc21)C(=O)OCc1ccccc1. The van der Waals surface area contributed by atoms with Crippen molar-refractivity contribution in [1.29, 1.82) is 0 Å². The third kappa shape index (κ3) is 11.0. The Labute approximate surface area is 372 Å². The molecule has 0 unspecified atom stereocenters. The molecule has 0 bridgehead atoms. The lowest BCUT2D eigenvalue weighted by Gasteiger charge is -2.36. The van der Waals surface area contributed by atoms with Crippen LogP contribution in [-0.4, -0.2) is 60.8 Å². The van der Waals surface area contributed by atoms with Gasteiger partial charge in [-0.2, -0.15) is 0 Å². The summed E-state index contributed by atoms with van der Waals surface area (Å²) < 4.78 is 21.9. The van der Waals surface area contributed by atoms with Crippen LogP contribution >= 0.6 is 11.8 Å². The molecule has 2 N–H and O–H groups in total. The van der Waals surface area contributed by atoms with Gasteiger partial charge in [0.2, 0.25) is 0 Å². The van der Waals surface area contributed by atoms with Gasteiger partial charge in [-0.3, -0.25) is 0 Å². The highest BCUT2D eigenvalue weighted by molar-refractivity contribution is 8.00. The van der Waals surface area contributed by atoms with E-state index in [1.54, 1.807) is 32.9 Å². The second-order valence-corrected chi connectivity index (χ2v) is 17.3. The topological polar surface area (TPSA) is 129 Å². The number of ether oxygens (including phenoxy) is 4. The van der Waals surface area contributed by atoms with E-state index in [2.05, 4.69) is 22.8 Å². The molecule has 0 heterocycles. The van der Waals surface area contributed by atoms with Crippen LogP contribution in [0.25, 0.3) is 11.1 Å². The molecule has 322 valence electrons. The number of amides is 2. The van der Waals surface area contributed by atoms with E-state index in [0.717, 1.165) is 44.5 Å². The quantitative estimate of drug-likeness (QED) is 0.0555. The lowest BCUT2D eigenvalue weighted by Crippen LogP contribution is -2.49. The lowest BCUT2D eigenvalue weighted by molar-refractivity contribution is -0.153. The number of benzene rings is 6. The Morgan fingerprint density at radius 1 is 0.540 bits per heavy atom. The summed E-state index contributed by atoms with van der Waals surface area (Å²) in [4.78, 5) is 54.8. The van der Waals surface area contributed by atoms with Gasteiger partial charge in [-0.25, -0.2) is 19.2 Å². The smallest absolute Gasteiger partial charge is 0.408 e. The van der Waals surface area contributed by atoms with Gasteiger partial charge in [0.25, 0.3) is 0 Å². The van der Waals surface area contributed by atoms with Crippen LogP contribution in [0, 0.1) is 0 Å². The van der Waals surface area contributed by atoms with E-state index in [-0.39, 0.29) is 24.9 Å². The molecule has 2 atom stereocenters. The zero-order valence-electron chi connectivity index (χ0n) is 35.4. The number of thioether (sulfide) groups is 1. The molecule has 0 radical (unpaired) electrons. The molecule has 11 heteroatoms. The fourth-order valence-corrected chi connectivity index (χ4v) is 9.19. The highest BCUT2D eigenvalue weighted by Crippen LogP contribution is 2.49. The van der Waals surface area contributed by atoms with Crippen molar-refractivity contribution in [3.05, 3.63) is 203 Å². The van der Waals surface area contributed by atoms with Crippen LogP contribution in [-0.2, 0) is 39.9 Å². The van der Waals surface area contributed by atoms with Crippen molar-refractivity contribution in [1.82, 2.24) is 10.6 Å². The predicted octanol–water partition coefficient (Wildman–Crippen LogP) is 9.80. The monoisotopic (exact) mass is 862 g/mol. The number of fused-ring (bicyclic) bond motifs is 3. The summed E-state index contributed by atoms with van der Waals surface area (Å²) in [5.41, 5.74) is 6.93. The minimum Gasteiger partial charge on any atom is -0.461 e. The fourth-order valence-electron chi connectivity index (χ4n) is 7.64. The minimum atomic E-state index is -1.44. The van der Waals surface area contributed by atoms with Crippen LogP contribution in [0.15, 0.2) is 170 Å². The molecule has 0 aliphatic heterocycles. The number of hydrogen-bond acceptors (Lipinski definition) is 9. The van der Waals surface area contributed by atoms with Gasteiger partial charge in [0.1, 0.15) is 31.5 Å². The van der Waals surface area contributed by atoms with E-state index < -0.39 is 53.2 Å². The van der Waals surface area contributed by atoms with E-state index in [0.29, 0.717) is 0 Å². The summed E-state index contributed by atoms with van der Waals surface area (Å²) in [5.74, 6) is -1.91. The predicted molar refractivity (Wildman–Crippen MR) is 244 cm³/mol. The number of esters is 2. The maximum absolute atomic E-state index is 14.4. The summed E-state index contributed by atoms with van der Waals surface area (Å²) >= 11 is 1.44. The zero-order valence-corrected chi connectivity index (χ0v) is 36.2. The highest BCUT2D eigenvalue weighted by Gasteiger charge is 2.40. The summed E-state index contributed by atoms with van der Waals surface area (Å²) in [6.45, 7) is 4.39. The van der Waals surface area contributed by atoms with Gasteiger partial charge in [-0.05, 0) is 65.3 Å². The Morgan fingerprint density at radius 2 is 0.984 bits per heavy atom. The Morgan fingerprint density at radius 3 is 1.49 bits per heavy atom. The molecule has 1 aliphatic rings. The van der Waals surface area contributed by atoms with E-state index in [1.165, 1.54) is 11.8 Å². The first-order valence-corrected chi connectivity index (χ1v) is 21.8. The van der Waals surface area contributed by atoms with Gasteiger partial charge in [0, 0.05) is 11.7 Å². The Balaban J connectivity index is 1.16. The third-order valence-corrected chi connectivity index (χ3v) is 12.2. The maximum Gasteiger partial charge on any atom is 0.408 e. The van der Waals surface area contributed by atoms with E-state index >= 15 is 0 Å². The number of carbonyl (C=O) groups is 4. The molecule has 63 heavy (non-hydrogen) atoms. The summed E-state index contributed by atoms with van der Waals surface area (Å²) in [7, 11) is 0. The van der Waals surface area contributed by atoms with Crippen LogP contribution in [0.1, 0.15) is 60.1 Å². The van der Waals surface area contributed by atoms with Crippen LogP contribution in [0.3, 0.4) is 0 Å². The highest BCUT2D eigenvalue weighted by atomic mass is 32.2. The molecular formula is C52H50N2O8S. The van der Waals surface area contributed by atoms with Crippen molar-refractivity contribution < 1.29 is 38.1 Å². The number of rotatable bonds is 16. The molecule has 6 aromatic rings. The standard InChI is InChI=1S/C52H50N2O8S/c1-51(2,3)62-50(58)53-45(47(55)59-32-36-20-8-4-9-21-36)34-60-48(56)46(54-49(57)61-33-44-42-30-18-16-28-40(42)41-29-17-19-31-43(41)44)35-63-52(37-22-10-5-11-23-37,38-24-12-6-13-25-38)39-26-14-7-15-27-39/h4-31,44-46H,32-35H2,1-3H3,(H,53,58)(H,54,57)/t45-,46-/m0/s1. The molecule has 10 nitrogen and oxygen atoms in total. The normalized spacial score (nSPS) is 13.1. The Hall–Kier alpha value is -6.85. The average molecular weight is 863 g/mol. The molecule has 1 aliphatic carbocycles. The lowest BCUT2D eigenvalue weighted by atomic mass is 9.84. The summed E-state index contributed by atoms with van der Waals surface area (Å²) in [5, 5.41) is 5.31. The molecular weight excluding hydrogens is 813 g/mol. The molecule has 0 saturated heterocycles. The van der Waals surface area contributed by atoms with Crippen molar-refractivity contribution in [2.75, 3.05) is 19.0 Å². The summed E-state index contributed by atoms with van der Waals surface area (Å²) in [6.07, 6.45) is -1.72. The van der Waals surface area contributed by atoms with Crippen molar-refractivity contribution in [2.45, 2.75) is 55.7 Å². The average Bonchev–Trinajstić information content (AvgIpc) is 3.62. The minimum absolute atomic E-state index is 0.00429. The van der Waals surface area contributed by atoms with Gasteiger partial charge in [0.05, 0.1) is 4.75 Å². The van der Waals surface area contributed by atoms with Crippen molar-refractivity contribution in [2.24, 2.45) is 0 Å². The van der Waals surface area contributed by atoms with Gasteiger partial charge >= 0.3 is 24.1 Å². The second-order valence-electron chi connectivity index (χ2n) is 16.0. The first-order chi connectivity index (χ1) is 30.5. The van der Waals surface area contributed by atoms with Crippen LogP contribution in [0.4, 0.5) is 9.59 Å². The number of hydrogen-bond donors (Lipinski definition) is 2. The summed E-state index contributed by atoms with van der Waals surface area (Å²) in [6, 6.07) is 52.2. The van der Waals surface area contributed by atoms with E-state index in [4.69, 9.17) is 18.9 Å². The van der Waals surface area contributed by atoms with Crippen LogP contribution in [0.2, 0.25) is 0 Å². The first kappa shape index (κ1) is 44.2.